The van der Waals surface area contributed by atoms with Crippen molar-refractivity contribution in [2.45, 2.75) is 45.8 Å². The van der Waals surface area contributed by atoms with E-state index in [1.165, 1.54) is 0 Å². The molecule has 35 heavy (non-hydrogen) atoms. The van der Waals surface area contributed by atoms with Crippen molar-refractivity contribution >= 4 is 11.8 Å². The summed E-state index contributed by atoms with van der Waals surface area (Å²) in [6.45, 7) is 5.91. The first-order valence-corrected chi connectivity index (χ1v) is 11.8. The zero-order valence-corrected chi connectivity index (χ0v) is 20.9. The van der Waals surface area contributed by atoms with E-state index in [1.807, 2.05) is 87.5 Å². The fourth-order valence-electron chi connectivity index (χ4n) is 3.90. The van der Waals surface area contributed by atoms with Gasteiger partial charge in [-0.15, -0.1) is 0 Å². The Morgan fingerprint density at radius 2 is 1.54 bits per heavy atom. The van der Waals surface area contributed by atoms with Gasteiger partial charge in [0.05, 0.1) is 7.11 Å². The number of hydrogen-bond donors (Lipinski definition) is 1. The van der Waals surface area contributed by atoms with Gasteiger partial charge in [-0.25, -0.2) is 0 Å². The summed E-state index contributed by atoms with van der Waals surface area (Å²) in [5.41, 5.74) is 3.02. The Kier molecular flexibility index (Phi) is 9.30. The largest absolute Gasteiger partial charge is 0.493 e. The average Bonchev–Trinajstić information content (AvgIpc) is 2.85. The van der Waals surface area contributed by atoms with Crippen LogP contribution in [0, 0.1) is 6.92 Å². The fraction of sp³-hybridized carbons (Fsp3) is 0.310. The van der Waals surface area contributed by atoms with Gasteiger partial charge in [-0.2, -0.15) is 0 Å². The number of carbonyl (C=O) groups is 2. The topological polar surface area (TPSA) is 67.9 Å². The third-order valence-corrected chi connectivity index (χ3v) is 5.56. The maximum absolute atomic E-state index is 13.6. The summed E-state index contributed by atoms with van der Waals surface area (Å²) in [5.74, 6) is 0.549. The van der Waals surface area contributed by atoms with Crippen molar-refractivity contribution in [3.8, 4) is 11.5 Å². The number of methoxy groups -OCH3 is 1. The molecule has 0 fully saturated rings. The Morgan fingerprint density at radius 1 is 0.886 bits per heavy atom. The number of aryl methyl sites for hydroxylation is 1. The molecule has 6 heteroatoms. The molecule has 0 heterocycles. The van der Waals surface area contributed by atoms with Crippen molar-refractivity contribution < 1.29 is 19.1 Å². The van der Waals surface area contributed by atoms with E-state index in [-0.39, 0.29) is 24.5 Å². The number of ether oxygens (including phenoxy) is 2. The molecule has 0 spiro atoms. The van der Waals surface area contributed by atoms with Gasteiger partial charge in [0.15, 0.2) is 18.1 Å². The number of benzene rings is 3. The lowest BCUT2D eigenvalue weighted by atomic mass is 10.0. The fourth-order valence-corrected chi connectivity index (χ4v) is 3.90. The lowest BCUT2D eigenvalue weighted by Crippen LogP contribution is -2.52. The van der Waals surface area contributed by atoms with Crippen LogP contribution in [0.5, 0.6) is 11.5 Å². The Hall–Kier alpha value is -3.80. The molecule has 0 saturated heterocycles. The second-order valence-electron chi connectivity index (χ2n) is 8.82. The van der Waals surface area contributed by atoms with E-state index in [4.69, 9.17) is 9.47 Å². The van der Waals surface area contributed by atoms with Crippen molar-refractivity contribution in [1.29, 1.82) is 0 Å². The van der Waals surface area contributed by atoms with Gasteiger partial charge >= 0.3 is 0 Å². The van der Waals surface area contributed by atoms with Gasteiger partial charge in [0.2, 0.25) is 5.91 Å². The Balaban J connectivity index is 1.92. The lowest BCUT2D eigenvalue weighted by molar-refractivity contribution is -0.143. The summed E-state index contributed by atoms with van der Waals surface area (Å²) in [7, 11) is 1.56. The molecule has 0 aliphatic carbocycles. The minimum Gasteiger partial charge on any atom is -0.493 e. The van der Waals surface area contributed by atoms with Gasteiger partial charge in [-0.3, -0.25) is 9.59 Å². The molecule has 6 nitrogen and oxygen atoms in total. The number of nitrogens with zero attached hydrogens (tertiary/aromatic N) is 1. The summed E-state index contributed by atoms with van der Waals surface area (Å²) in [6.07, 6.45) is 0.394. The smallest absolute Gasteiger partial charge is 0.261 e. The lowest BCUT2D eigenvalue weighted by Gasteiger charge is -2.32. The monoisotopic (exact) mass is 474 g/mol. The first kappa shape index (κ1) is 25.8. The zero-order chi connectivity index (χ0) is 25.2. The summed E-state index contributed by atoms with van der Waals surface area (Å²) in [6, 6.07) is 24.1. The van der Waals surface area contributed by atoms with Crippen LogP contribution in [0.2, 0.25) is 0 Å². The number of hydrogen-bond acceptors (Lipinski definition) is 4. The molecule has 2 amide bonds. The molecule has 0 bridgehead atoms. The van der Waals surface area contributed by atoms with E-state index in [9.17, 15) is 9.59 Å². The van der Waals surface area contributed by atoms with Crippen LogP contribution in [-0.2, 0) is 22.6 Å². The van der Waals surface area contributed by atoms with E-state index < -0.39 is 6.04 Å². The maximum Gasteiger partial charge on any atom is 0.261 e. The zero-order valence-electron chi connectivity index (χ0n) is 20.9. The highest BCUT2D eigenvalue weighted by molar-refractivity contribution is 5.88. The van der Waals surface area contributed by atoms with E-state index in [0.29, 0.717) is 24.5 Å². The van der Waals surface area contributed by atoms with Gasteiger partial charge in [-0.1, -0.05) is 72.3 Å². The third kappa shape index (κ3) is 7.60. The van der Waals surface area contributed by atoms with Crippen LogP contribution in [0.1, 0.15) is 30.5 Å². The molecule has 0 aliphatic rings. The number of amides is 2. The predicted octanol–water partition coefficient (Wildman–Crippen LogP) is 4.55. The quantitative estimate of drug-likeness (QED) is 0.443. The molecule has 3 aromatic carbocycles. The summed E-state index contributed by atoms with van der Waals surface area (Å²) in [5, 5.41) is 2.99. The van der Waals surface area contributed by atoms with Gasteiger partial charge < -0.3 is 19.7 Å². The molecule has 3 rings (SSSR count). The second kappa shape index (κ2) is 12.6. The number of carbonyl (C=O) groups excluding carboxylic acids is 2. The first-order chi connectivity index (χ1) is 16.9. The van der Waals surface area contributed by atoms with Crippen LogP contribution in [0.15, 0.2) is 78.9 Å². The average molecular weight is 475 g/mol. The number of rotatable bonds is 11. The normalized spacial score (nSPS) is 11.6. The van der Waals surface area contributed by atoms with Crippen molar-refractivity contribution in [3.63, 3.8) is 0 Å². The van der Waals surface area contributed by atoms with Crippen molar-refractivity contribution in [3.05, 3.63) is 95.6 Å². The van der Waals surface area contributed by atoms with Crippen molar-refractivity contribution in [2.75, 3.05) is 13.7 Å². The predicted molar refractivity (Wildman–Crippen MR) is 137 cm³/mol. The third-order valence-electron chi connectivity index (χ3n) is 5.56. The molecular weight excluding hydrogens is 440 g/mol. The van der Waals surface area contributed by atoms with E-state index in [0.717, 1.165) is 16.7 Å². The van der Waals surface area contributed by atoms with Gasteiger partial charge in [0.25, 0.3) is 5.91 Å². The van der Waals surface area contributed by atoms with Crippen LogP contribution in [0.3, 0.4) is 0 Å². The van der Waals surface area contributed by atoms with E-state index in [1.54, 1.807) is 24.1 Å². The SMILES string of the molecule is COc1ccccc1OCC(=O)N(Cc1cccc(C)c1)C(Cc1ccccc1)C(=O)NC(C)C. The molecule has 0 aromatic heterocycles. The Morgan fingerprint density at radius 3 is 2.20 bits per heavy atom. The molecule has 0 saturated carbocycles. The van der Waals surface area contributed by atoms with Crippen LogP contribution in [0.4, 0.5) is 0 Å². The summed E-state index contributed by atoms with van der Waals surface area (Å²) >= 11 is 0. The molecule has 3 aromatic rings. The van der Waals surface area contributed by atoms with E-state index >= 15 is 0 Å². The molecule has 1 atom stereocenters. The molecule has 1 unspecified atom stereocenters. The first-order valence-electron chi connectivity index (χ1n) is 11.8. The Labute approximate surface area is 207 Å². The Bertz CT molecular complexity index is 1110. The number of para-hydroxylation sites is 2. The van der Waals surface area contributed by atoms with Crippen molar-refractivity contribution in [2.24, 2.45) is 0 Å². The molecule has 0 aliphatic heterocycles. The molecule has 1 N–H and O–H groups in total. The minimum atomic E-state index is -0.700. The van der Waals surface area contributed by atoms with Crippen LogP contribution < -0.4 is 14.8 Å². The highest BCUT2D eigenvalue weighted by Crippen LogP contribution is 2.26. The standard InChI is InChI=1S/C29H34N2O4/c1-21(2)30-29(33)25(18-23-12-6-5-7-13-23)31(19-24-14-10-11-22(3)17-24)28(32)20-35-27-16-9-8-15-26(27)34-4/h5-17,21,25H,18-20H2,1-4H3,(H,30,33). The van der Waals surface area contributed by atoms with Crippen LogP contribution >= 0.6 is 0 Å². The van der Waals surface area contributed by atoms with Crippen LogP contribution in [0.25, 0.3) is 0 Å². The summed E-state index contributed by atoms with van der Waals surface area (Å²) in [4.78, 5) is 28.6. The van der Waals surface area contributed by atoms with Crippen molar-refractivity contribution in [1.82, 2.24) is 10.2 Å². The van der Waals surface area contributed by atoms with Gasteiger partial charge in [0.1, 0.15) is 6.04 Å². The minimum absolute atomic E-state index is 0.0541. The molecule has 0 radical (unpaired) electrons. The highest BCUT2D eigenvalue weighted by atomic mass is 16.5. The molecular formula is C29H34N2O4. The second-order valence-corrected chi connectivity index (χ2v) is 8.82. The van der Waals surface area contributed by atoms with Gasteiger partial charge in [-0.05, 0) is 44.0 Å². The number of nitrogens with one attached hydrogen (secondary N) is 1. The summed E-state index contributed by atoms with van der Waals surface area (Å²) < 4.78 is 11.2. The molecule has 184 valence electrons. The maximum atomic E-state index is 13.6. The van der Waals surface area contributed by atoms with Crippen LogP contribution in [-0.4, -0.2) is 42.5 Å². The van der Waals surface area contributed by atoms with E-state index in [2.05, 4.69) is 5.32 Å². The highest BCUT2D eigenvalue weighted by Gasteiger charge is 2.31. The van der Waals surface area contributed by atoms with Gasteiger partial charge in [0, 0.05) is 19.0 Å².